The van der Waals surface area contributed by atoms with Crippen LogP contribution in [0.5, 0.6) is 0 Å². The van der Waals surface area contributed by atoms with Gasteiger partial charge in [-0.15, -0.1) is 0 Å². The third-order valence-electron chi connectivity index (χ3n) is 3.71. The summed E-state index contributed by atoms with van der Waals surface area (Å²) < 4.78 is 13.2. The molecule has 1 N–H and O–H groups in total. The number of hydrogen-bond acceptors (Lipinski definition) is 1. The van der Waals surface area contributed by atoms with Crippen LogP contribution < -0.4 is 5.32 Å². The first-order chi connectivity index (χ1) is 8.11. The molecule has 2 unspecified atom stereocenters. The molecule has 0 aliphatic carbocycles. The topological polar surface area (TPSA) is 12.0 Å². The zero-order valence-corrected chi connectivity index (χ0v) is 11.0. The normalized spacial score (nSPS) is 23.8. The summed E-state index contributed by atoms with van der Waals surface area (Å²) in [4.78, 5) is 0. The Labute approximate surface area is 103 Å². The van der Waals surface area contributed by atoms with Gasteiger partial charge in [0.2, 0.25) is 0 Å². The summed E-state index contributed by atoms with van der Waals surface area (Å²) in [6.45, 7) is 7.54. The first-order valence-corrected chi connectivity index (χ1v) is 6.63. The van der Waals surface area contributed by atoms with E-state index >= 15 is 0 Å². The van der Waals surface area contributed by atoms with Gasteiger partial charge in [0, 0.05) is 12.6 Å². The molecule has 2 heteroatoms. The van der Waals surface area contributed by atoms with Gasteiger partial charge in [-0.3, -0.25) is 0 Å². The third kappa shape index (κ3) is 2.68. The summed E-state index contributed by atoms with van der Waals surface area (Å²) >= 11 is 0. The van der Waals surface area contributed by atoms with Gasteiger partial charge in [0.1, 0.15) is 5.82 Å². The molecule has 1 aromatic carbocycles. The standard InChI is InChI=1S/C15H22FN/c1-4-13-14-6-5-12(16)8-11(14)9-17-15(13)7-10(2)3/h5-6,8,10,13,15,17H,4,7,9H2,1-3H3. The maximum Gasteiger partial charge on any atom is 0.123 e. The molecule has 1 aromatic rings. The fourth-order valence-corrected chi connectivity index (χ4v) is 2.95. The van der Waals surface area contributed by atoms with Crippen molar-refractivity contribution in [2.24, 2.45) is 5.92 Å². The van der Waals surface area contributed by atoms with Gasteiger partial charge in [-0.05, 0) is 47.9 Å². The van der Waals surface area contributed by atoms with Crippen LogP contribution in [0.1, 0.15) is 50.7 Å². The minimum absolute atomic E-state index is 0.122. The number of hydrogen-bond donors (Lipinski definition) is 1. The van der Waals surface area contributed by atoms with Crippen LogP contribution in [-0.4, -0.2) is 6.04 Å². The highest BCUT2D eigenvalue weighted by atomic mass is 19.1. The van der Waals surface area contributed by atoms with E-state index in [9.17, 15) is 4.39 Å². The van der Waals surface area contributed by atoms with E-state index in [1.54, 1.807) is 12.1 Å². The highest BCUT2D eigenvalue weighted by Crippen LogP contribution is 2.33. The summed E-state index contributed by atoms with van der Waals surface area (Å²) in [6, 6.07) is 5.79. The Morgan fingerprint density at radius 2 is 2.18 bits per heavy atom. The van der Waals surface area contributed by atoms with Crippen LogP contribution in [-0.2, 0) is 6.54 Å². The van der Waals surface area contributed by atoms with Gasteiger partial charge in [0.05, 0.1) is 0 Å². The van der Waals surface area contributed by atoms with Crippen molar-refractivity contribution < 1.29 is 4.39 Å². The Bertz CT molecular complexity index is 387. The van der Waals surface area contributed by atoms with Crippen LogP contribution in [0.4, 0.5) is 4.39 Å². The van der Waals surface area contributed by atoms with Crippen molar-refractivity contribution >= 4 is 0 Å². The minimum atomic E-state index is -0.122. The van der Waals surface area contributed by atoms with Crippen molar-refractivity contribution in [1.82, 2.24) is 5.32 Å². The van der Waals surface area contributed by atoms with Crippen molar-refractivity contribution in [3.63, 3.8) is 0 Å². The van der Waals surface area contributed by atoms with Gasteiger partial charge in [0.25, 0.3) is 0 Å². The van der Waals surface area contributed by atoms with Gasteiger partial charge in [-0.1, -0.05) is 26.8 Å². The molecule has 2 atom stereocenters. The van der Waals surface area contributed by atoms with Crippen LogP contribution >= 0.6 is 0 Å². The second-order valence-electron chi connectivity index (χ2n) is 5.47. The van der Waals surface area contributed by atoms with Crippen molar-refractivity contribution in [2.45, 2.75) is 52.1 Å². The molecule has 2 rings (SSSR count). The number of fused-ring (bicyclic) bond motifs is 1. The molecular weight excluding hydrogens is 213 g/mol. The number of rotatable bonds is 3. The third-order valence-corrected chi connectivity index (χ3v) is 3.71. The van der Waals surface area contributed by atoms with E-state index in [1.165, 1.54) is 12.0 Å². The Morgan fingerprint density at radius 1 is 1.41 bits per heavy atom. The number of halogens is 1. The zero-order chi connectivity index (χ0) is 12.4. The van der Waals surface area contributed by atoms with Crippen molar-refractivity contribution in [3.8, 4) is 0 Å². The van der Waals surface area contributed by atoms with Gasteiger partial charge >= 0.3 is 0 Å². The second-order valence-corrected chi connectivity index (χ2v) is 5.47. The molecule has 0 radical (unpaired) electrons. The highest BCUT2D eigenvalue weighted by Gasteiger charge is 2.28. The predicted molar refractivity (Wildman–Crippen MR) is 69.5 cm³/mol. The summed E-state index contributed by atoms with van der Waals surface area (Å²) in [6.07, 6.45) is 2.30. The number of benzene rings is 1. The summed E-state index contributed by atoms with van der Waals surface area (Å²) in [5.74, 6) is 1.10. The average Bonchev–Trinajstić information content (AvgIpc) is 2.28. The maximum atomic E-state index is 13.2. The predicted octanol–water partition coefficient (Wildman–Crippen LogP) is 3.84. The fraction of sp³-hybridized carbons (Fsp3) is 0.600. The molecule has 0 aromatic heterocycles. The lowest BCUT2D eigenvalue weighted by Crippen LogP contribution is -2.40. The second kappa shape index (κ2) is 5.18. The maximum absolute atomic E-state index is 13.2. The van der Waals surface area contributed by atoms with Crippen molar-refractivity contribution in [1.29, 1.82) is 0 Å². The molecule has 1 heterocycles. The van der Waals surface area contributed by atoms with E-state index in [4.69, 9.17) is 0 Å². The molecule has 94 valence electrons. The SMILES string of the molecule is CCC1c2ccc(F)cc2CNC1CC(C)C. The molecule has 0 bridgehead atoms. The molecule has 17 heavy (non-hydrogen) atoms. The lowest BCUT2D eigenvalue weighted by atomic mass is 9.80. The Morgan fingerprint density at radius 3 is 2.82 bits per heavy atom. The van der Waals surface area contributed by atoms with Gasteiger partial charge in [0.15, 0.2) is 0 Å². The monoisotopic (exact) mass is 235 g/mol. The van der Waals surface area contributed by atoms with E-state index in [2.05, 4.69) is 26.1 Å². The summed E-state index contributed by atoms with van der Waals surface area (Å²) in [5, 5.41) is 3.57. The van der Waals surface area contributed by atoms with Crippen LogP contribution in [0.3, 0.4) is 0 Å². The van der Waals surface area contributed by atoms with Gasteiger partial charge in [-0.25, -0.2) is 4.39 Å². The van der Waals surface area contributed by atoms with Gasteiger partial charge in [-0.2, -0.15) is 0 Å². The van der Waals surface area contributed by atoms with E-state index in [0.717, 1.165) is 18.5 Å². The molecule has 0 saturated carbocycles. The lowest BCUT2D eigenvalue weighted by molar-refractivity contribution is 0.336. The van der Waals surface area contributed by atoms with Crippen molar-refractivity contribution in [3.05, 3.63) is 35.1 Å². The highest BCUT2D eigenvalue weighted by molar-refractivity contribution is 5.34. The van der Waals surface area contributed by atoms with E-state index < -0.39 is 0 Å². The molecule has 0 amide bonds. The van der Waals surface area contributed by atoms with E-state index in [0.29, 0.717) is 17.9 Å². The molecule has 1 aliphatic rings. The first kappa shape index (κ1) is 12.6. The zero-order valence-electron chi connectivity index (χ0n) is 11.0. The van der Waals surface area contributed by atoms with Crippen LogP contribution in [0, 0.1) is 11.7 Å². The number of nitrogens with one attached hydrogen (secondary N) is 1. The lowest BCUT2D eigenvalue weighted by Gasteiger charge is -2.35. The molecule has 1 nitrogen and oxygen atoms in total. The average molecular weight is 235 g/mol. The van der Waals surface area contributed by atoms with Crippen LogP contribution in [0.2, 0.25) is 0 Å². The Hall–Kier alpha value is -0.890. The van der Waals surface area contributed by atoms with Crippen LogP contribution in [0.15, 0.2) is 18.2 Å². The summed E-state index contributed by atoms with van der Waals surface area (Å²) in [5.41, 5.74) is 2.48. The van der Waals surface area contributed by atoms with Crippen molar-refractivity contribution in [2.75, 3.05) is 0 Å². The molecule has 1 aliphatic heterocycles. The smallest absolute Gasteiger partial charge is 0.123 e. The first-order valence-electron chi connectivity index (χ1n) is 6.63. The van der Waals surface area contributed by atoms with Gasteiger partial charge < -0.3 is 5.32 Å². The fourth-order valence-electron chi connectivity index (χ4n) is 2.95. The quantitative estimate of drug-likeness (QED) is 0.839. The molecule has 0 fully saturated rings. The molecule has 0 saturated heterocycles. The Kier molecular flexibility index (Phi) is 3.82. The Balaban J connectivity index is 2.26. The summed E-state index contributed by atoms with van der Waals surface area (Å²) in [7, 11) is 0. The molecule has 0 spiro atoms. The largest absolute Gasteiger partial charge is 0.309 e. The van der Waals surface area contributed by atoms with E-state index in [1.807, 2.05) is 6.07 Å². The minimum Gasteiger partial charge on any atom is -0.309 e. The molecular formula is C15H22FN. The van der Waals surface area contributed by atoms with Crippen LogP contribution in [0.25, 0.3) is 0 Å². The van der Waals surface area contributed by atoms with E-state index in [-0.39, 0.29) is 5.82 Å².